The molecule has 3 rings (SSSR count). The van der Waals surface area contributed by atoms with E-state index in [-0.39, 0.29) is 11.8 Å². The van der Waals surface area contributed by atoms with Gasteiger partial charge in [0.1, 0.15) is 5.75 Å². The first-order valence-electron chi connectivity index (χ1n) is 9.89. The Morgan fingerprint density at radius 2 is 1.74 bits per heavy atom. The molecule has 0 saturated carbocycles. The molecule has 0 bridgehead atoms. The van der Waals surface area contributed by atoms with E-state index in [4.69, 9.17) is 4.74 Å². The van der Waals surface area contributed by atoms with Gasteiger partial charge in [0.05, 0.1) is 6.61 Å². The number of nitrogens with one attached hydrogen (secondary N) is 1. The van der Waals surface area contributed by atoms with Gasteiger partial charge >= 0.3 is 0 Å². The van der Waals surface area contributed by atoms with Crippen LogP contribution in [0.15, 0.2) is 42.5 Å². The lowest BCUT2D eigenvalue weighted by molar-refractivity contribution is -0.132. The highest BCUT2D eigenvalue weighted by molar-refractivity contribution is 5.88. The molecule has 144 valence electrons. The van der Waals surface area contributed by atoms with Gasteiger partial charge in [0.15, 0.2) is 0 Å². The number of fused-ring (bicyclic) bond motifs is 1. The largest absolute Gasteiger partial charge is 0.493 e. The first-order valence-corrected chi connectivity index (χ1v) is 9.89. The molecule has 0 radical (unpaired) electrons. The number of hydrogen-bond donors (Lipinski definition) is 1. The van der Waals surface area contributed by atoms with E-state index >= 15 is 0 Å². The summed E-state index contributed by atoms with van der Waals surface area (Å²) in [5.41, 5.74) is 0. The Morgan fingerprint density at radius 1 is 0.963 bits per heavy atom. The number of hydrogen-bond acceptors (Lipinski definition) is 3. The monoisotopic (exact) mass is 368 g/mol. The van der Waals surface area contributed by atoms with Crippen LogP contribution in [0, 0.1) is 0 Å². The minimum Gasteiger partial charge on any atom is -0.493 e. The van der Waals surface area contributed by atoms with Crippen LogP contribution in [0.3, 0.4) is 0 Å². The Balaban J connectivity index is 1.32. The standard InChI is InChI=1S/C22H28N2O3/c25-21(23-14-13-22(26)24-15-4-1-5-16-24)12-7-17-27-20-11-6-9-18-8-2-3-10-19(18)20/h2-3,6,8-11H,1,4-5,7,12-17H2,(H,23,25). The van der Waals surface area contributed by atoms with Crippen LogP contribution < -0.4 is 10.1 Å². The molecular formula is C22H28N2O3. The van der Waals surface area contributed by atoms with Crippen LogP contribution in [0.5, 0.6) is 5.75 Å². The van der Waals surface area contributed by atoms with Crippen LogP contribution in [0.25, 0.3) is 10.8 Å². The van der Waals surface area contributed by atoms with E-state index in [1.807, 2.05) is 35.2 Å². The fourth-order valence-corrected chi connectivity index (χ4v) is 3.44. The van der Waals surface area contributed by atoms with Crippen LogP contribution in [-0.2, 0) is 9.59 Å². The van der Waals surface area contributed by atoms with Crippen molar-refractivity contribution < 1.29 is 14.3 Å². The molecule has 2 aromatic rings. The molecule has 1 heterocycles. The van der Waals surface area contributed by atoms with Crippen molar-refractivity contribution in [3.63, 3.8) is 0 Å². The van der Waals surface area contributed by atoms with E-state index in [1.165, 1.54) is 6.42 Å². The zero-order chi connectivity index (χ0) is 18.9. The molecule has 5 nitrogen and oxygen atoms in total. The number of carbonyl (C=O) groups excluding carboxylic acids is 2. The molecule has 5 heteroatoms. The first-order chi connectivity index (χ1) is 13.2. The van der Waals surface area contributed by atoms with Crippen molar-refractivity contribution in [2.45, 2.75) is 38.5 Å². The molecule has 27 heavy (non-hydrogen) atoms. The average Bonchev–Trinajstić information content (AvgIpc) is 2.72. The predicted octanol–water partition coefficient (Wildman–Crippen LogP) is 3.52. The summed E-state index contributed by atoms with van der Waals surface area (Å²) in [6.45, 7) is 2.63. The summed E-state index contributed by atoms with van der Waals surface area (Å²) in [6.07, 6.45) is 4.83. The minimum atomic E-state index is -0.0250. The highest BCUT2D eigenvalue weighted by Gasteiger charge is 2.16. The Morgan fingerprint density at radius 3 is 2.59 bits per heavy atom. The zero-order valence-electron chi connectivity index (χ0n) is 15.8. The van der Waals surface area contributed by atoms with Gasteiger partial charge in [-0.05, 0) is 37.1 Å². The van der Waals surface area contributed by atoms with Gasteiger partial charge in [-0.15, -0.1) is 0 Å². The molecule has 1 N–H and O–H groups in total. The van der Waals surface area contributed by atoms with E-state index < -0.39 is 0 Å². The maximum atomic E-state index is 12.1. The van der Waals surface area contributed by atoms with Gasteiger partial charge in [0, 0.05) is 37.9 Å². The third-order valence-corrected chi connectivity index (χ3v) is 4.93. The minimum absolute atomic E-state index is 0.0250. The van der Waals surface area contributed by atoms with Gasteiger partial charge in [0.25, 0.3) is 0 Å². The number of piperidine rings is 1. The van der Waals surface area contributed by atoms with Crippen molar-refractivity contribution in [2.24, 2.45) is 0 Å². The molecule has 1 fully saturated rings. The van der Waals surface area contributed by atoms with Crippen molar-refractivity contribution in [1.29, 1.82) is 0 Å². The second-order valence-electron chi connectivity index (χ2n) is 6.97. The summed E-state index contributed by atoms with van der Waals surface area (Å²) >= 11 is 0. The second-order valence-corrected chi connectivity index (χ2v) is 6.97. The number of rotatable bonds is 8. The maximum absolute atomic E-state index is 12.1. The van der Waals surface area contributed by atoms with Gasteiger partial charge in [-0.3, -0.25) is 9.59 Å². The summed E-state index contributed by atoms with van der Waals surface area (Å²) in [5, 5.41) is 5.07. The molecule has 2 aromatic carbocycles. The van der Waals surface area contributed by atoms with Crippen molar-refractivity contribution in [1.82, 2.24) is 10.2 Å². The summed E-state index contributed by atoms with van der Waals surface area (Å²) in [6, 6.07) is 14.1. The fourth-order valence-electron chi connectivity index (χ4n) is 3.44. The van der Waals surface area contributed by atoms with E-state index in [2.05, 4.69) is 17.4 Å². The molecule has 0 atom stereocenters. The number of likely N-dealkylation sites (tertiary alicyclic amines) is 1. The summed E-state index contributed by atoms with van der Waals surface area (Å²) < 4.78 is 5.85. The van der Waals surface area contributed by atoms with Crippen LogP contribution in [0.4, 0.5) is 0 Å². The lowest BCUT2D eigenvalue weighted by Crippen LogP contribution is -2.37. The Bertz CT molecular complexity index is 764. The molecule has 0 aromatic heterocycles. The average molecular weight is 368 g/mol. The molecular weight excluding hydrogens is 340 g/mol. The summed E-state index contributed by atoms with van der Waals surface area (Å²) in [4.78, 5) is 25.9. The first kappa shape index (κ1) is 19.2. The SMILES string of the molecule is O=C(CCCOc1cccc2ccccc12)NCCC(=O)N1CCCCC1. The molecule has 1 aliphatic heterocycles. The van der Waals surface area contributed by atoms with Gasteiger partial charge in [-0.25, -0.2) is 0 Å². The molecule has 1 aliphatic rings. The van der Waals surface area contributed by atoms with E-state index in [9.17, 15) is 9.59 Å². The van der Waals surface area contributed by atoms with Crippen LogP contribution in [0.1, 0.15) is 38.5 Å². The van der Waals surface area contributed by atoms with Crippen LogP contribution in [-0.4, -0.2) is 43.0 Å². The highest BCUT2D eigenvalue weighted by Crippen LogP contribution is 2.25. The summed E-state index contributed by atoms with van der Waals surface area (Å²) in [5.74, 6) is 0.970. The zero-order valence-corrected chi connectivity index (χ0v) is 15.8. The Labute approximate surface area is 160 Å². The molecule has 0 aliphatic carbocycles. The second kappa shape index (κ2) is 9.95. The van der Waals surface area contributed by atoms with Gasteiger partial charge < -0.3 is 15.0 Å². The van der Waals surface area contributed by atoms with Crippen molar-refractivity contribution in [3.8, 4) is 5.75 Å². The summed E-state index contributed by atoms with van der Waals surface area (Å²) in [7, 11) is 0. The lowest BCUT2D eigenvalue weighted by Gasteiger charge is -2.26. The van der Waals surface area contributed by atoms with E-state index in [0.29, 0.717) is 32.4 Å². The fraction of sp³-hybridized carbons (Fsp3) is 0.455. The molecule has 2 amide bonds. The van der Waals surface area contributed by atoms with E-state index in [1.54, 1.807) is 0 Å². The lowest BCUT2D eigenvalue weighted by atomic mass is 10.1. The van der Waals surface area contributed by atoms with Gasteiger partial charge in [-0.2, -0.15) is 0 Å². The Hall–Kier alpha value is -2.56. The smallest absolute Gasteiger partial charge is 0.224 e. The predicted molar refractivity (Wildman–Crippen MR) is 107 cm³/mol. The molecule has 0 unspecified atom stereocenters. The normalized spacial score (nSPS) is 14.1. The number of nitrogens with zero attached hydrogens (tertiary/aromatic N) is 1. The molecule has 0 spiro atoms. The van der Waals surface area contributed by atoms with Gasteiger partial charge in [-0.1, -0.05) is 36.4 Å². The van der Waals surface area contributed by atoms with Crippen LogP contribution >= 0.6 is 0 Å². The third-order valence-electron chi connectivity index (χ3n) is 4.93. The van der Waals surface area contributed by atoms with E-state index in [0.717, 1.165) is 42.5 Å². The van der Waals surface area contributed by atoms with Crippen molar-refractivity contribution in [3.05, 3.63) is 42.5 Å². The topological polar surface area (TPSA) is 58.6 Å². The van der Waals surface area contributed by atoms with Gasteiger partial charge in [0.2, 0.25) is 11.8 Å². The number of amides is 2. The number of benzene rings is 2. The quantitative estimate of drug-likeness (QED) is 0.726. The number of ether oxygens (including phenoxy) is 1. The Kier molecular flexibility index (Phi) is 7.08. The van der Waals surface area contributed by atoms with Crippen molar-refractivity contribution >= 4 is 22.6 Å². The maximum Gasteiger partial charge on any atom is 0.224 e. The molecule has 1 saturated heterocycles. The van der Waals surface area contributed by atoms with Crippen molar-refractivity contribution in [2.75, 3.05) is 26.2 Å². The van der Waals surface area contributed by atoms with Crippen LogP contribution in [0.2, 0.25) is 0 Å². The highest BCUT2D eigenvalue weighted by atomic mass is 16.5. The number of carbonyl (C=O) groups is 2. The third kappa shape index (κ3) is 5.71.